The van der Waals surface area contributed by atoms with Crippen LogP contribution in [0.25, 0.3) is 0 Å². The van der Waals surface area contributed by atoms with Crippen molar-refractivity contribution < 1.29 is 61.3 Å². The summed E-state index contributed by atoms with van der Waals surface area (Å²) in [6, 6.07) is 8.30. The number of rotatable bonds is 1. The molecular formula is C11H15KO2. The second-order valence-electron chi connectivity index (χ2n) is 3.17. The Bertz CT molecular complexity index is 242. The number of carboxylic acids is 1. The van der Waals surface area contributed by atoms with Crippen LogP contribution in [0.15, 0.2) is 30.3 Å². The fourth-order valence-corrected chi connectivity index (χ4v) is 0.581. The van der Waals surface area contributed by atoms with Crippen molar-refractivity contribution in [1.82, 2.24) is 0 Å². The molecule has 0 aliphatic rings. The zero-order valence-electron chi connectivity index (χ0n) is 9.24. The van der Waals surface area contributed by atoms with E-state index < -0.39 is 5.97 Å². The summed E-state index contributed by atoms with van der Waals surface area (Å²) in [5.41, 5.74) is 0.331. The van der Waals surface area contributed by atoms with Crippen LogP contribution in [0.4, 0.5) is 0 Å². The van der Waals surface area contributed by atoms with Gasteiger partial charge in [-0.25, -0.2) is 4.79 Å². The Morgan fingerprint density at radius 3 is 1.71 bits per heavy atom. The molecule has 0 aromatic heterocycles. The first kappa shape index (κ1) is 16.7. The predicted molar refractivity (Wildman–Crippen MR) is 53.7 cm³/mol. The second-order valence-corrected chi connectivity index (χ2v) is 3.17. The maximum Gasteiger partial charge on any atom is 1.00 e. The zero-order chi connectivity index (χ0) is 10.3. The van der Waals surface area contributed by atoms with E-state index in [1.54, 1.807) is 30.3 Å². The van der Waals surface area contributed by atoms with Gasteiger partial charge in [0.15, 0.2) is 0 Å². The summed E-state index contributed by atoms with van der Waals surface area (Å²) in [4.78, 5) is 10.2. The fourth-order valence-electron chi connectivity index (χ4n) is 0.581. The minimum atomic E-state index is -0.879. The van der Waals surface area contributed by atoms with E-state index in [-0.39, 0.29) is 51.4 Å². The van der Waals surface area contributed by atoms with Gasteiger partial charge in [-0.15, -0.1) is 0 Å². The molecule has 1 rings (SSSR count). The first-order valence-electron chi connectivity index (χ1n) is 4.09. The van der Waals surface area contributed by atoms with Gasteiger partial charge in [0.1, 0.15) is 0 Å². The van der Waals surface area contributed by atoms with Crippen molar-refractivity contribution >= 4 is 5.97 Å². The maximum absolute atomic E-state index is 10.2. The van der Waals surface area contributed by atoms with Crippen molar-refractivity contribution in [2.24, 2.45) is 0 Å². The maximum atomic E-state index is 10.2. The molecule has 0 aliphatic carbocycles. The molecule has 0 saturated heterocycles. The van der Waals surface area contributed by atoms with Gasteiger partial charge >= 0.3 is 57.4 Å². The summed E-state index contributed by atoms with van der Waals surface area (Å²) in [6.45, 7) is 6.25. The fraction of sp³-hybridized carbons (Fsp3) is 0.273. The van der Waals surface area contributed by atoms with Crippen LogP contribution in [0.3, 0.4) is 0 Å². The molecule has 0 bridgehead atoms. The minimum absolute atomic E-state index is 0. The van der Waals surface area contributed by atoms with Gasteiger partial charge in [0.05, 0.1) is 5.56 Å². The zero-order valence-corrected chi connectivity index (χ0v) is 12.4. The molecule has 14 heavy (non-hydrogen) atoms. The first-order chi connectivity index (χ1) is 6.04. The van der Waals surface area contributed by atoms with Crippen molar-refractivity contribution in [3.63, 3.8) is 0 Å². The number of hydrogen-bond acceptors (Lipinski definition) is 1. The summed E-state index contributed by atoms with van der Waals surface area (Å²) >= 11 is 0. The molecule has 0 unspecified atom stereocenters. The monoisotopic (exact) mass is 218 g/mol. The van der Waals surface area contributed by atoms with Crippen LogP contribution >= 0.6 is 0 Å². The SMILES string of the molecule is C[C-](C)C.O=C(O)c1ccccc1.[K+]. The van der Waals surface area contributed by atoms with E-state index in [0.717, 1.165) is 0 Å². The van der Waals surface area contributed by atoms with E-state index >= 15 is 0 Å². The van der Waals surface area contributed by atoms with Gasteiger partial charge in [-0.05, 0) is 12.1 Å². The van der Waals surface area contributed by atoms with E-state index in [1.807, 2.05) is 0 Å². The predicted octanol–water partition coefficient (Wildman–Crippen LogP) is 0.00939. The Balaban J connectivity index is 0. The normalized spacial score (nSPS) is 8.29. The van der Waals surface area contributed by atoms with Crippen molar-refractivity contribution in [2.45, 2.75) is 20.8 Å². The van der Waals surface area contributed by atoms with Crippen LogP contribution in [0.1, 0.15) is 31.1 Å². The number of hydrogen-bond donors (Lipinski definition) is 1. The molecule has 0 radical (unpaired) electrons. The molecular weight excluding hydrogens is 203 g/mol. The van der Waals surface area contributed by atoms with Gasteiger partial charge in [-0.1, -0.05) is 18.2 Å². The molecule has 1 aromatic rings. The third-order valence-electron chi connectivity index (χ3n) is 1.02. The molecule has 3 heteroatoms. The van der Waals surface area contributed by atoms with E-state index in [1.165, 1.54) is 5.92 Å². The summed E-state index contributed by atoms with van der Waals surface area (Å²) in [6.07, 6.45) is 0. The number of benzene rings is 1. The van der Waals surface area contributed by atoms with Crippen LogP contribution in [0, 0.1) is 5.92 Å². The Kier molecular flexibility index (Phi) is 11.8. The summed E-state index contributed by atoms with van der Waals surface area (Å²) in [7, 11) is 0. The van der Waals surface area contributed by atoms with E-state index in [0.29, 0.717) is 5.56 Å². The molecule has 0 saturated carbocycles. The molecule has 0 aliphatic heterocycles. The smallest absolute Gasteiger partial charge is 0.478 e. The second kappa shape index (κ2) is 9.87. The topological polar surface area (TPSA) is 37.3 Å². The van der Waals surface area contributed by atoms with Gasteiger partial charge in [-0.3, -0.25) is 0 Å². The summed E-state index contributed by atoms with van der Waals surface area (Å²) in [5.74, 6) is 0.538. The molecule has 1 aromatic carbocycles. The number of carboxylic acid groups (broad SMARTS) is 1. The molecule has 0 heterocycles. The van der Waals surface area contributed by atoms with Gasteiger partial charge < -0.3 is 11.0 Å². The van der Waals surface area contributed by atoms with Crippen LogP contribution < -0.4 is 51.4 Å². The minimum Gasteiger partial charge on any atom is -0.478 e. The largest absolute Gasteiger partial charge is 1.00 e. The molecule has 0 fully saturated rings. The molecule has 72 valence electrons. The summed E-state index contributed by atoms with van der Waals surface area (Å²) < 4.78 is 0. The van der Waals surface area contributed by atoms with Crippen molar-refractivity contribution in [3.05, 3.63) is 41.8 Å². The van der Waals surface area contributed by atoms with Gasteiger partial charge in [0, 0.05) is 0 Å². The van der Waals surface area contributed by atoms with E-state index in [4.69, 9.17) is 5.11 Å². The number of aromatic carboxylic acids is 1. The third-order valence-corrected chi connectivity index (χ3v) is 1.02. The van der Waals surface area contributed by atoms with Crippen molar-refractivity contribution in [3.8, 4) is 0 Å². The Morgan fingerprint density at radius 1 is 1.14 bits per heavy atom. The van der Waals surface area contributed by atoms with Gasteiger partial charge in [0.25, 0.3) is 0 Å². The van der Waals surface area contributed by atoms with E-state index in [2.05, 4.69) is 20.8 Å². The molecule has 0 amide bonds. The third kappa shape index (κ3) is 10.4. The van der Waals surface area contributed by atoms with Crippen LogP contribution in [-0.4, -0.2) is 11.1 Å². The summed E-state index contributed by atoms with van der Waals surface area (Å²) in [5, 5.41) is 8.38. The molecule has 0 atom stereocenters. The molecule has 0 spiro atoms. The van der Waals surface area contributed by atoms with E-state index in [9.17, 15) is 4.79 Å². The quantitative estimate of drug-likeness (QED) is 0.532. The number of carbonyl (C=O) groups is 1. The average molecular weight is 218 g/mol. The average Bonchev–Trinajstić information content (AvgIpc) is 2.05. The molecule has 2 nitrogen and oxygen atoms in total. The Hall–Kier alpha value is 0.326. The van der Waals surface area contributed by atoms with Gasteiger partial charge in [0.2, 0.25) is 0 Å². The molecule has 1 N–H and O–H groups in total. The van der Waals surface area contributed by atoms with Crippen LogP contribution in [0.2, 0.25) is 0 Å². The standard InChI is InChI=1S/C7H6O2.C4H9.K/c8-7(9)6-4-2-1-3-5-6;1-4(2)3;/h1-5H,(H,8,9);1-3H3;/q;-1;+1. The van der Waals surface area contributed by atoms with Crippen LogP contribution in [0.5, 0.6) is 0 Å². The van der Waals surface area contributed by atoms with Crippen molar-refractivity contribution in [2.75, 3.05) is 0 Å². The Labute approximate surface area is 128 Å². The first-order valence-corrected chi connectivity index (χ1v) is 4.09. The Morgan fingerprint density at radius 2 is 1.50 bits per heavy atom. The van der Waals surface area contributed by atoms with Gasteiger partial charge in [-0.2, -0.15) is 20.8 Å². The van der Waals surface area contributed by atoms with Crippen molar-refractivity contribution in [1.29, 1.82) is 0 Å². The van der Waals surface area contributed by atoms with Crippen LogP contribution in [-0.2, 0) is 0 Å².